The molecule has 0 aliphatic heterocycles. The number of hydrogen-bond donors (Lipinski definition) is 2. The quantitative estimate of drug-likeness (QED) is 0.308. The molecule has 0 heterocycles. The predicted octanol–water partition coefficient (Wildman–Crippen LogP) is 3.65. The maximum Gasteiger partial charge on any atom is 0.339 e. The summed E-state index contributed by atoms with van der Waals surface area (Å²) in [7, 11) is 0. The third kappa shape index (κ3) is 8.75. The average molecular weight is 477 g/mol. The van der Waals surface area contributed by atoms with Crippen molar-refractivity contribution in [1.29, 1.82) is 0 Å². The summed E-state index contributed by atoms with van der Waals surface area (Å²) in [5.74, 6) is -0.876. The van der Waals surface area contributed by atoms with Gasteiger partial charge in [0.15, 0.2) is 6.61 Å². The van der Waals surface area contributed by atoms with Gasteiger partial charge in [-0.1, -0.05) is 72.8 Å². The zero-order valence-corrected chi connectivity index (χ0v) is 19.7. The van der Waals surface area contributed by atoms with Gasteiger partial charge in [0.1, 0.15) is 0 Å². The fraction of sp³-hybridized carbons (Fsp3) is 0.222. The lowest BCUT2D eigenvalue weighted by Gasteiger charge is -2.10. The zero-order chi connectivity index (χ0) is 24.0. The Bertz CT molecular complexity index is 1070. The van der Waals surface area contributed by atoms with Gasteiger partial charge in [0.05, 0.1) is 11.3 Å². The molecule has 2 amide bonds. The number of thioether (sulfide) groups is 1. The van der Waals surface area contributed by atoms with Crippen molar-refractivity contribution in [2.75, 3.05) is 25.4 Å². The monoisotopic (exact) mass is 476 g/mol. The van der Waals surface area contributed by atoms with Crippen LogP contribution in [0.5, 0.6) is 0 Å². The maximum atomic E-state index is 12.5. The van der Waals surface area contributed by atoms with E-state index in [0.29, 0.717) is 30.0 Å². The third-order valence-electron chi connectivity index (χ3n) is 4.96. The number of esters is 1. The number of rotatable bonds is 12. The number of hydrogen-bond acceptors (Lipinski definition) is 5. The second-order valence-electron chi connectivity index (χ2n) is 7.53. The van der Waals surface area contributed by atoms with E-state index in [1.54, 1.807) is 24.3 Å². The minimum absolute atomic E-state index is 0.109. The molecule has 0 spiro atoms. The number of nitrogens with one attached hydrogen (secondary N) is 2. The lowest BCUT2D eigenvalue weighted by atomic mass is 10.1. The van der Waals surface area contributed by atoms with Crippen LogP contribution in [0.25, 0.3) is 0 Å². The molecule has 3 rings (SSSR count). The Morgan fingerprint density at radius 3 is 1.82 bits per heavy atom. The van der Waals surface area contributed by atoms with Crippen LogP contribution in [-0.2, 0) is 27.2 Å². The van der Waals surface area contributed by atoms with Gasteiger partial charge in [-0.3, -0.25) is 9.59 Å². The normalized spacial score (nSPS) is 10.4. The largest absolute Gasteiger partial charge is 0.452 e. The second-order valence-corrected chi connectivity index (χ2v) is 8.55. The Hall–Kier alpha value is -3.58. The minimum atomic E-state index is -0.592. The van der Waals surface area contributed by atoms with Gasteiger partial charge in [-0.05, 0) is 36.1 Å². The molecular formula is C27H28N2O4S. The molecule has 6 nitrogen and oxygen atoms in total. The van der Waals surface area contributed by atoms with Gasteiger partial charge >= 0.3 is 5.97 Å². The van der Waals surface area contributed by atoms with Crippen LogP contribution in [0.4, 0.5) is 0 Å². The Labute approximate surface area is 204 Å². The van der Waals surface area contributed by atoms with Crippen LogP contribution < -0.4 is 10.6 Å². The van der Waals surface area contributed by atoms with Crippen molar-refractivity contribution in [2.24, 2.45) is 0 Å². The van der Waals surface area contributed by atoms with Crippen molar-refractivity contribution in [1.82, 2.24) is 10.6 Å². The summed E-state index contributed by atoms with van der Waals surface area (Å²) >= 11 is 1.26. The van der Waals surface area contributed by atoms with Gasteiger partial charge in [-0.2, -0.15) is 0 Å². The molecule has 34 heavy (non-hydrogen) atoms. The summed E-state index contributed by atoms with van der Waals surface area (Å²) < 4.78 is 5.19. The van der Waals surface area contributed by atoms with E-state index in [2.05, 4.69) is 10.6 Å². The summed E-state index contributed by atoms with van der Waals surface area (Å²) in [5, 5.41) is 5.64. The van der Waals surface area contributed by atoms with Gasteiger partial charge in [0.2, 0.25) is 5.91 Å². The first-order valence-electron chi connectivity index (χ1n) is 11.1. The third-order valence-corrected chi connectivity index (χ3v) is 6.03. The summed E-state index contributed by atoms with van der Waals surface area (Å²) in [6, 6.07) is 26.7. The van der Waals surface area contributed by atoms with E-state index >= 15 is 0 Å². The molecule has 3 aromatic rings. The Balaban J connectivity index is 1.39. The van der Waals surface area contributed by atoms with E-state index < -0.39 is 5.97 Å². The van der Waals surface area contributed by atoms with Crippen LogP contribution in [0, 0.1) is 0 Å². The lowest BCUT2D eigenvalue weighted by Crippen LogP contribution is -2.30. The summed E-state index contributed by atoms with van der Waals surface area (Å²) in [5.41, 5.74) is 2.61. The smallest absolute Gasteiger partial charge is 0.339 e. The molecular weight excluding hydrogens is 448 g/mol. The minimum Gasteiger partial charge on any atom is -0.452 e. The van der Waals surface area contributed by atoms with E-state index in [1.165, 1.54) is 11.8 Å². The highest BCUT2D eigenvalue weighted by molar-refractivity contribution is 8.00. The van der Waals surface area contributed by atoms with Gasteiger partial charge in [-0.15, -0.1) is 11.8 Å². The zero-order valence-electron chi connectivity index (χ0n) is 18.9. The molecule has 0 atom stereocenters. The number of carbonyl (C=O) groups excluding carboxylic acids is 3. The van der Waals surface area contributed by atoms with Gasteiger partial charge < -0.3 is 15.4 Å². The fourth-order valence-corrected chi connectivity index (χ4v) is 4.07. The molecule has 0 fully saturated rings. The van der Waals surface area contributed by atoms with Crippen molar-refractivity contribution in [3.05, 3.63) is 102 Å². The Morgan fingerprint density at radius 2 is 1.21 bits per heavy atom. The molecule has 7 heteroatoms. The van der Waals surface area contributed by atoms with Crippen LogP contribution in [0.2, 0.25) is 0 Å². The molecule has 3 aromatic carbocycles. The van der Waals surface area contributed by atoms with Crippen molar-refractivity contribution in [2.45, 2.75) is 17.7 Å². The number of carbonyl (C=O) groups is 3. The van der Waals surface area contributed by atoms with E-state index in [0.717, 1.165) is 17.5 Å². The van der Waals surface area contributed by atoms with Crippen LogP contribution in [-0.4, -0.2) is 43.2 Å². The molecule has 0 aliphatic rings. The van der Waals surface area contributed by atoms with E-state index in [4.69, 9.17) is 4.74 Å². The lowest BCUT2D eigenvalue weighted by molar-refractivity contribution is -0.124. The van der Waals surface area contributed by atoms with Gasteiger partial charge in [0.25, 0.3) is 5.91 Å². The highest BCUT2D eigenvalue weighted by Gasteiger charge is 2.15. The van der Waals surface area contributed by atoms with Crippen molar-refractivity contribution < 1.29 is 19.1 Å². The van der Waals surface area contributed by atoms with Gasteiger partial charge in [0, 0.05) is 18.0 Å². The highest BCUT2D eigenvalue weighted by atomic mass is 32.2. The van der Waals surface area contributed by atoms with Gasteiger partial charge in [-0.25, -0.2) is 4.79 Å². The molecule has 0 unspecified atom stereocenters. The predicted molar refractivity (Wildman–Crippen MR) is 134 cm³/mol. The van der Waals surface area contributed by atoms with Crippen molar-refractivity contribution in [3.63, 3.8) is 0 Å². The number of benzene rings is 3. The molecule has 0 radical (unpaired) electrons. The Kier molecular flexibility index (Phi) is 10.2. The van der Waals surface area contributed by atoms with Crippen LogP contribution in [0.15, 0.2) is 89.8 Å². The molecule has 0 saturated heterocycles. The maximum absolute atomic E-state index is 12.5. The molecule has 0 bridgehead atoms. The molecule has 0 aromatic heterocycles. The molecule has 176 valence electrons. The summed E-state index contributed by atoms with van der Waals surface area (Å²) in [6.07, 6.45) is 1.46. The second kappa shape index (κ2) is 13.9. The summed E-state index contributed by atoms with van der Waals surface area (Å²) in [4.78, 5) is 37.4. The van der Waals surface area contributed by atoms with E-state index in [-0.39, 0.29) is 24.2 Å². The Morgan fingerprint density at radius 1 is 0.676 bits per heavy atom. The molecule has 0 aliphatic carbocycles. The van der Waals surface area contributed by atoms with Crippen LogP contribution >= 0.6 is 11.8 Å². The first kappa shape index (κ1) is 25.1. The topological polar surface area (TPSA) is 84.5 Å². The SMILES string of the molecule is O=C(COC(=O)c1ccccc1SCC(=O)NCCc1ccccc1)NCCc1ccccc1. The first-order valence-corrected chi connectivity index (χ1v) is 12.1. The first-order chi connectivity index (χ1) is 16.6. The van der Waals surface area contributed by atoms with Crippen molar-refractivity contribution in [3.8, 4) is 0 Å². The highest BCUT2D eigenvalue weighted by Crippen LogP contribution is 2.23. The summed E-state index contributed by atoms with van der Waals surface area (Å²) in [6.45, 7) is 0.658. The van der Waals surface area contributed by atoms with Crippen LogP contribution in [0.1, 0.15) is 21.5 Å². The fourth-order valence-electron chi connectivity index (χ4n) is 3.20. The molecule has 2 N–H and O–H groups in total. The van der Waals surface area contributed by atoms with Crippen molar-refractivity contribution >= 4 is 29.5 Å². The number of ether oxygens (including phenoxy) is 1. The van der Waals surface area contributed by atoms with E-state index in [9.17, 15) is 14.4 Å². The standard InChI is InChI=1S/C27H28N2O4S/c30-25(28-17-15-21-9-3-1-4-10-21)19-33-27(32)23-13-7-8-14-24(23)34-20-26(31)29-18-16-22-11-5-2-6-12-22/h1-14H,15-20H2,(H,28,30)(H,29,31). The molecule has 0 saturated carbocycles. The van der Waals surface area contributed by atoms with E-state index in [1.807, 2.05) is 60.7 Å². The van der Waals surface area contributed by atoms with Crippen LogP contribution in [0.3, 0.4) is 0 Å². The number of amides is 2. The average Bonchev–Trinajstić information content (AvgIpc) is 2.87.